The van der Waals surface area contributed by atoms with E-state index in [1.165, 1.54) is 14.2 Å². The van der Waals surface area contributed by atoms with Crippen molar-refractivity contribution in [1.82, 2.24) is 10.2 Å². The molecule has 6 heteroatoms. The number of hydrogen-bond acceptors (Lipinski definition) is 5. The van der Waals surface area contributed by atoms with Gasteiger partial charge in [0.15, 0.2) is 0 Å². The maximum atomic E-state index is 12.8. The van der Waals surface area contributed by atoms with Gasteiger partial charge in [0.1, 0.15) is 5.54 Å². The fourth-order valence-electron chi connectivity index (χ4n) is 4.19. The predicted molar refractivity (Wildman–Crippen MR) is 96.7 cm³/mol. The third-order valence-electron chi connectivity index (χ3n) is 5.58. The molecule has 4 atom stereocenters. The van der Waals surface area contributed by atoms with Crippen LogP contribution < -0.4 is 5.32 Å². The van der Waals surface area contributed by atoms with Crippen molar-refractivity contribution in [1.29, 1.82) is 0 Å². The van der Waals surface area contributed by atoms with Crippen LogP contribution in [0.1, 0.15) is 19.4 Å². The monoisotopic (exact) mass is 356 g/mol. The Morgan fingerprint density at radius 1 is 1.23 bits per heavy atom. The molecule has 0 unspecified atom stereocenters. The number of fused-ring (bicyclic) bond motifs is 1. The molecule has 6 nitrogen and oxygen atoms in total. The van der Waals surface area contributed by atoms with Gasteiger partial charge in [-0.15, -0.1) is 0 Å². The van der Waals surface area contributed by atoms with E-state index >= 15 is 0 Å². The van der Waals surface area contributed by atoms with Crippen LogP contribution >= 0.6 is 0 Å². The SMILES string of the molecule is COC(=O)[C@@]1(C(C)C)N[C@@H](/C=C/c2ccccc2)[C@H]2C(=O)N(C)C(=O)[C@H]21. The quantitative estimate of drug-likeness (QED) is 0.653. The highest BCUT2D eigenvalue weighted by molar-refractivity contribution is 6.09. The molecule has 2 saturated heterocycles. The van der Waals surface area contributed by atoms with Gasteiger partial charge in [0.25, 0.3) is 0 Å². The summed E-state index contributed by atoms with van der Waals surface area (Å²) < 4.78 is 5.03. The first-order chi connectivity index (χ1) is 12.3. The van der Waals surface area contributed by atoms with Crippen LogP contribution in [-0.2, 0) is 19.1 Å². The summed E-state index contributed by atoms with van der Waals surface area (Å²) in [7, 11) is 2.78. The van der Waals surface area contributed by atoms with Crippen molar-refractivity contribution in [3.63, 3.8) is 0 Å². The third kappa shape index (κ3) is 2.56. The lowest BCUT2D eigenvalue weighted by Gasteiger charge is -2.35. The molecule has 0 radical (unpaired) electrons. The van der Waals surface area contributed by atoms with Crippen LogP contribution in [0.5, 0.6) is 0 Å². The minimum atomic E-state index is -1.22. The Kier molecular flexibility index (Phi) is 4.71. The highest BCUT2D eigenvalue weighted by Crippen LogP contribution is 2.46. The Morgan fingerprint density at radius 3 is 2.46 bits per heavy atom. The molecule has 2 aliphatic rings. The zero-order chi connectivity index (χ0) is 19.1. The largest absolute Gasteiger partial charge is 0.468 e. The maximum absolute atomic E-state index is 12.8. The van der Waals surface area contributed by atoms with E-state index in [1.54, 1.807) is 0 Å². The molecule has 2 aliphatic heterocycles. The van der Waals surface area contributed by atoms with E-state index in [9.17, 15) is 14.4 Å². The van der Waals surface area contributed by atoms with E-state index < -0.39 is 29.4 Å². The van der Waals surface area contributed by atoms with E-state index in [-0.39, 0.29) is 17.7 Å². The molecule has 138 valence electrons. The van der Waals surface area contributed by atoms with Crippen LogP contribution in [0.25, 0.3) is 6.08 Å². The summed E-state index contributed by atoms with van der Waals surface area (Å²) in [5.41, 5.74) is -0.237. The standard InChI is InChI=1S/C20H24N2O4/c1-12(2)20(19(25)26-4)16-15(17(23)22(3)18(16)24)14(21-20)11-10-13-8-6-5-7-9-13/h5-12,14-16,21H,1-4H3/b11-10+/t14-,15+,16-,20-/m0/s1. The van der Waals surface area contributed by atoms with E-state index in [4.69, 9.17) is 4.74 Å². The number of methoxy groups -OCH3 is 1. The van der Waals surface area contributed by atoms with Gasteiger partial charge in [-0.1, -0.05) is 56.3 Å². The summed E-state index contributed by atoms with van der Waals surface area (Å²) in [5, 5.41) is 3.28. The average Bonchev–Trinajstić information content (AvgIpc) is 3.10. The Balaban J connectivity index is 2.05. The van der Waals surface area contributed by atoms with E-state index in [0.717, 1.165) is 10.5 Å². The predicted octanol–water partition coefficient (Wildman–Crippen LogP) is 1.47. The van der Waals surface area contributed by atoms with Crippen LogP contribution in [0.4, 0.5) is 0 Å². The molecule has 0 aliphatic carbocycles. The number of ether oxygens (including phenoxy) is 1. The smallest absolute Gasteiger partial charge is 0.327 e. The van der Waals surface area contributed by atoms with Gasteiger partial charge in [-0.25, -0.2) is 0 Å². The minimum absolute atomic E-state index is 0.221. The number of rotatable bonds is 4. The van der Waals surface area contributed by atoms with Gasteiger partial charge >= 0.3 is 5.97 Å². The van der Waals surface area contributed by atoms with Crippen molar-refractivity contribution in [3.8, 4) is 0 Å². The highest BCUT2D eigenvalue weighted by Gasteiger charge is 2.68. The molecule has 1 aromatic rings. The van der Waals surface area contributed by atoms with Gasteiger partial charge < -0.3 is 4.74 Å². The number of esters is 1. The number of benzene rings is 1. The van der Waals surface area contributed by atoms with Crippen molar-refractivity contribution in [2.75, 3.05) is 14.2 Å². The number of likely N-dealkylation sites (tertiary alicyclic amines) is 1. The first-order valence-corrected chi connectivity index (χ1v) is 8.75. The summed E-state index contributed by atoms with van der Waals surface area (Å²) in [6, 6.07) is 9.25. The van der Waals surface area contributed by atoms with Crippen LogP contribution in [0.2, 0.25) is 0 Å². The van der Waals surface area contributed by atoms with Crippen molar-refractivity contribution < 1.29 is 19.1 Å². The molecule has 0 spiro atoms. The number of imide groups is 1. The van der Waals surface area contributed by atoms with Crippen molar-refractivity contribution in [2.45, 2.75) is 25.4 Å². The Morgan fingerprint density at radius 2 is 1.88 bits per heavy atom. The van der Waals surface area contributed by atoms with Crippen LogP contribution in [0, 0.1) is 17.8 Å². The lowest BCUT2D eigenvalue weighted by atomic mass is 9.73. The molecule has 1 N–H and O–H groups in total. The fraction of sp³-hybridized carbons (Fsp3) is 0.450. The molecular formula is C20H24N2O4. The van der Waals surface area contributed by atoms with Crippen molar-refractivity contribution in [2.24, 2.45) is 17.8 Å². The molecule has 2 heterocycles. The second-order valence-electron chi connectivity index (χ2n) is 7.19. The number of amides is 2. The molecule has 26 heavy (non-hydrogen) atoms. The van der Waals surface area contributed by atoms with Gasteiger partial charge in [-0.2, -0.15) is 0 Å². The topological polar surface area (TPSA) is 75.7 Å². The van der Waals surface area contributed by atoms with E-state index in [2.05, 4.69) is 5.32 Å². The van der Waals surface area contributed by atoms with Crippen LogP contribution in [0.3, 0.4) is 0 Å². The summed E-state index contributed by atoms with van der Waals surface area (Å²) in [6.45, 7) is 3.72. The molecule has 3 rings (SSSR count). The lowest BCUT2D eigenvalue weighted by molar-refractivity contribution is -0.156. The Hall–Kier alpha value is -2.47. The first-order valence-electron chi connectivity index (χ1n) is 8.75. The van der Waals surface area contributed by atoms with Crippen molar-refractivity contribution in [3.05, 3.63) is 42.0 Å². The minimum Gasteiger partial charge on any atom is -0.468 e. The van der Waals surface area contributed by atoms with E-state index in [1.807, 2.05) is 56.3 Å². The van der Waals surface area contributed by atoms with Gasteiger partial charge in [0.2, 0.25) is 11.8 Å². The molecule has 1 aromatic carbocycles. The Bertz CT molecular complexity index is 758. The van der Waals surface area contributed by atoms with Crippen LogP contribution in [0.15, 0.2) is 36.4 Å². The lowest BCUT2D eigenvalue weighted by Crippen LogP contribution is -2.60. The summed E-state index contributed by atoms with van der Waals surface area (Å²) in [4.78, 5) is 39.4. The summed E-state index contributed by atoms with van der Waals surface area (Å²) in [5.74, 6) is -2.70. The Labute approximate surface area is 153 Å². The molecule has 0 aromatic heterocycles. The van der Waals surface area contributed by atoms with Crippen LogP contribution in [-0.4, -0.2) is 48.4 Å². The number of nitrogens with one attached hydrogen (secondary N) is 1. The molecule has 0 bridgehead atoms. The second kappa shape index (κ2) is 6.68. The summed E-state index contributed by atoms with van der Waals surface area (Å²) in [6.07, 6.45) is 3.77. The number of carbonyl (C=O) groups is 3. The average molecular weight is 356 g/mol. The maximum Gasteiger partial charge on any atom is 0.327 e. The second-order valence-corrected chi connectivity index (χ2v) is 7.19. The van der Waals surface area contributed by atoms with Gasteiger partial charge in [0, 0.05) is 13.1 Å². The van der Waals surface area contributed by atoms with E-state index in [0.29, 0.717) is 0 Å². The fourth-order valence-corrected chi connectivity index (χ4v) is 4.19. The molecule has 2 amide bonds. The number of carbonyl (C=O) groups excluding carboxylic acids is 3. The van der Waals surface area contributed by atoms with Gasteiger partial charge in [-0.3, -0.25) is 24.6 Å². The molecular weight excluding hydrogens is 332 g/mol. The third-order valence-corrected chi connectivity index (χ3v) is 5.58. The molecule has 0 saturated carbocycles. The number of nitrogens with zero attached hydrogens (tertiary/aromatic N) is 1. The normalized spacial score (nSPS) is 31.1. The summed E-state index contributed by atoms with van der Waals surface area (Å²) >= 11 is 0. The van der Waals surface area contributed by atoms with Gasteiger partial charge in [0.05, 0.1) is 18.9 Å². The highest BCUT2D eigenvalue weighted by atomic mass is 16.5. The first kappa shape index (κ1) is 18.3. The zero-order valence-electron chi connectivity index (χ0n) is 15.4. The number of hydrogen-bond donors (Lipinski definition) is 1. The molecule has 2 fully saturated rings. The van der Waals surface area contributed by atoms with Crippen molar-refractivity contribution >= 4 is 23.9 Å². The zero-order valence-corrected chi connectivity index (χ0v) is 15.4. The van der Waals surface area contributed by atoms with Gasteiger partial charge in [-0.05, 0) is 11.5 Å².